The fraction of sp³-hybridized carbons (Fsp3) is 0.333. The largest absolute Gasteiger partial charge is 0.452 e. The quantitative estimate of drug-likeness (QED) is 0.732. The number of esters is 1. The Labute approximate surface area is 169 Å². The molecule has 1 heterocycles. The first-order chi connectivity index (χ1) is 13.9. The van der Waals surface area contributed by atoms with Crippen LogP contribution in [0.4, 0.5) is 5.69 Å². The van der Waals surface area contributed by atoms with E-state index in [1.165, 1.54) is 28.6 Å². The fourth-order valence-electron chi connectivity index (χ4n) is 3.51. The van der Waals surface area contributed by atoms with Gasteiger partial charge in [-0.2, -0.15) is 0 Å². The Kier molecular flexibility index (Phi) is 5.04. The lowest BCUT2D eigenvalue weighted by Gasteiger charge is -2.24. The molecule has 4 rings (SSSR count). The molecule has 0 saturated heterocycles. The number of hydrogen-bond donors (Lipinski definition) is 1. The standard InChI is InChI=1S/C21H22N2O5S/c1-14-11-15-5-2-3-8-19(15)23(14)29(26,27)18-7-4-6-16(12-18)21(25)28-13-20(24)22-17-9-10-17/h2-8,12,14,17H,9-11,13H2,1H3,(H,22,24)/t14-/m1/s1. The van der Waals surface area contributed by atoms with Crippen LogP contribution >= 0.6 is 0 Å². The van der Waals surface area contributed by atoms with E-state index in [0.29, 0.717) is 12.1 Å². The molecule has 1 atom stereocenters. The number of amides is 1. The highest BCUT2D eigenvalue weighted by Gasteiger charge is 2.36. The first kappa shape index (κ1) is 19.4. The summed E-state index contributed by atoms with van der Waals surface area (Å²) in [4.78, 5) is 24.0. The topological polar surface area (TPSA) is 92.8 Å². The van der Waals surface area contributed by atoms with Crippen LogP contribution in [0.25, 0.3) is 0 Å². The van der Waals surface area contributed by atoms with Gasteiger partial charge in [-0.25, -0.2) is 13.2 Å². The van der Waals surface area contributed by atoms with Gasteiger partial charge in [-0.1, -0.05) is 24.3 Å². The Morgan fingerprint density at radius 1 is 1.14 bits per heavy atom. The maximum Gasteiger partial charge on any atom is 0.338 e. The second-order valence-electron chi connectivity index (χ2n) is 7.43. The summed E-state index contributed by atoms with van der Waals surface area (Å²) in [6, 6.07) is 13.1. The number of benzene rings is 2. The van der Waals surface area contributed by atoms with Gasteiger partial charge in [0.05, 0.1) is 16.1 Å². The number of rotatable bonds is 6. The summed E-state index contributed by atoms with van der Waals surface area (Å²) in [6.07, 6.45) is 2.52. The molecule has 8 heteroatoms. The van der Waals surface area contributed by atoms with Crippen LogP contribution in [-0.2, 0) is 26.0 Å². The molecule has 1 aliphatic heterocycles. The van der Waals surface area contributed by atoms with Crippen LogP contribution < -0.4 is 9.62 Å². The van der Waals surface area contributed by atoms with E-state index >= 15 is 0 Å². The minimum absolute atomic E-state index is 0.0120. The predicted octanol–water partition coefficient (Wildman–Crippen LogP) is 2.26. The molecule has 1 saturated carbocycles. The molecule has 152 valence electrons. The molecule has 1 N–H and O–H groups in total. The molecule has 0 bridgehead atoms. The minimum atomic E-state index is -3.85. The molecule has 2 aliphatic rings. The van der Waals surface area contributed by atoms with Crippen molar-refractivity contribution in [1.82, 2.24) is 5.32 Å². The summed E-state index contributed by atoms with van der Waals surface area (Å²) < 4.78 is 33.0. The minimum Gasteiger partial charge on any atom is -0.452 e. The van der Waals surface area contributed by atoms with E-state index in [9.17, 15) is 18.0 Å². The molecule has 0 spiro atoms. The Balaban J connectivity index is 1.53. The number of para-hydroxylation sites is 1. The van der Waals surface area contributed by atoms with E-state index < -0.39 is 16.0 Å². The number of anilines is 1. The number of ether oxygens (including phenoxy) is 1. The second-order valence-corrected chi connectivity index (χ2v) is 9.24. The molecular weight excluding hydrogens is 392 g/mol. The van der Waals surface area contributed by atoms with Crippen molar-refractivity contribution in [3.8, 4) is 0 Å². The van der Waals surface area contributed by atoms with Gasteiger partial charge < -0.3 is 10.1 Å². The number of nitrogens with one attached hydrogen (secondary N) is 1. The van der Waals surface area contributed by atoms with Crippen LogP contribution in [0, 0.1) is 0 Å². The molecule has 2 aromatic carbocycles. The number of fused-ring (bicyclic) bond motifs is 1. The molecule has 29 heavy (non-hydrogen) atoms. The summed E-state index contributed by atoms with van der Waals surface area (Å²) >= 11 is 0. The predicted molar refractivity (Wildman–Crippen MR) is 107 cm³/mol. The van der Waals surface area contributed by atoms with Crippen LogP contribution in [0.5, 0.6) is 0 Å². The lowest BCUT2D eigenvalue weighted by Crippen LogP contribution is -2.35. The van der Waals surface area contributed by atoms with Crippen LogP contribution in [-0.4, -0.2) is 39.0 Å². The highest BCUT2D eigenvalue weighted by Crippen LogP contribution is 2.36. The van der Waals surface area contributed by atoms with Gasteiger partial charge in [0.25, 0.3) is 15.9 Å². The average Bonchev–Trinajstić information content (AvgIpc) is 3.44. The van der Waals surface area contributed by atoms with Crippen molar-refractivity contribution >= 4 is 27.6 Å². The summed E-state index contributed by atoms with van der Waals surface area (Å²) in [5, 5.41) is 2.73. The highest BCUT2D eigenvalue weighted by atomic mass is 32.2. The summed E-state index contributed by atoms with van der Waals surface area (Å²) in [5.41, 5.74) is 1.72. The third kappa shape index (κ3) is 3.98. The van der Waals surface area contributed by atoms with E-state index in [1.807, 2.05) is 19.1 Å². The number of hydrogen-bond acceptors (Lipinski definition) is 5. The first-order valence-electron chi connectivity index (χ1n) is 9.55. The lowest BCUT2D eigenvalue weighted by molar-refractivity contribution is -0.124. The Hall–Kier alpha value is -2.87. The number of carbonyl (C=O) groups excluding carboxylic acids is 2. The molecule has 0 unspecified atom stereocenters. The van der Waals surface area contributed by atoms with Crippen LogP contribution in [0.3, 0.4) is 0 Å². The van der Waals surface area contributed by atoms with Crippen molar-refractivity contribution in [2.75, 3.05) is 10.9 Å². The average molecular weight is 414 g/mol. The van der Waals surface area contributed by atoms with Gasteiger partial charge in [0.2, 0.25) is 0 Å². The summed E-state index contributed by atoms with van der Waals surface area (Å²) in [7, 11) is -3.85. The van der Waals surface area contributed by atoms with Crippen molar-refractivity contribution in [3.63, 3.8) is 0 Å². The van der Waals surface area contributed by atoms with Crippen molar-refractivity contribution in [2.24, 2.45) is 0 Å². The zero-order valence-electron chi connectivity index (χ0n) is 16.0. The van der Waals surface area contributed by atoms with Gasteiger partial charge >= 0.3 is 5.97 Å². The Bertz CT molecular complexity index is 1060. The normalized spacial score (nSPS) is 18.2. The summed E-state index contributed by atoms with van der Waals surface area (Å²) in [6.45, 7) is 1.47. The van der Waals surface area contributed by atoms with Crippen molar-refractivity contribution in [1.29, 1.82) is 0 Å². The number of sulfonamides is 1. The lowest BCUT2D eigenvalue weighted by atomic mass is 10.1. The first-order valence-corrected chi connectivity index (χ1v) is 11.0. The van der Waals surface area contributed by atoms with E-state index in [2.05, 4.69) is 5.32 Å². The zero-order valence-corrected chi connectivity index (χ0v) is 16.8. The Morgan fingerprint density at radius 3 is 2.66 bits per heavy atom. The molecule has 0 radical (unpaired) electrons. The van der Waals surface area contributed by atoms with Crippen LogP contribution in [0.1, 0.15) is 35.7 Å². The van der Waals surface area contributed by atoms with Gasteiger partial charge in [0.15, 0.2) is 6.61 Å². The fourth-order valence-corrected chi connectivity index (χ4v) is 5.25. The number of nitrogens with zero attached hydrogens (tertiary/aromatic N) is 1. The van der Waals surface area contributed by atoms with Crippen molar-refractivity contribution < 1.29 is 22.7 Å². The molecule has 0 aromatic heterocycles. The van der Waals surface area contributed by atoms with Crippen LogP contribution in [0.15, 0.2) is 53.4 Å². The molecule has 1 aliphatic carbocycles. The molecule has 1 fully saturated rings. The molecule has 1 amide bonds. The third-order valence-electron chi connectivity index (χ3n) is 5.05. The van der Waals surface area contributed by atoms with E-state index in [4.69, 9.17) is 4.74 Å². The van der Waals surface area contributed by atoms with Crippen LogP contribution in [0.2, 0.25) is 0 Å². The molecule has 2 aromatic rings. The van der Waals surface area contributed by atoms with E-state index in [0.717, 1.165) is 18.4 Å². The molecular formula is C21H22N2O5S. The maximum atomic E-state index is 13.3. The smallest absolute Gasteiger partial charge is 0.338 e. The maximum absolute atomic E-state index is 13.3. The van der Waals surface area contributed by atoms with Crippen molar-refractivity contribution in [3.05, 3.63) is 59.7 Å². The van der Waals surface area contributed by atoms with Gasteiger partial charge in [-0.05, 0) is 56.0 Å². The zero-order chi connectivity index (χ0) is 20.6. The monoisotopic (exact) mass is 414 g/mol. The van der Waals surface area contributed by atoms with Gasteiger partial charge in [-0.3, -0.25) is 9.10 Å². The van der Waals surface area contributed by atoms with Gasteiger partial charge in [-0.15, -0.1) is 0 Å². The Morgan fingerprint density at radius 2 is 1.90 bits per heavy atom. The summed E-state index contributed by atoms with van der Waals surface area (Å²) in [5.74, 6) is -1.09. The highest BCUT2D eigenvalue weighted by molar-refractivity contribution is 7.92. The SMILES string of the molecule is C[C@@H]1Cc2ccccc2N1S(=O)(=O)c1cccc(C(=O)OCC(=O)NC2CC2)c1. The van der Waals surface area contributed by atoms with Crippen molar-refractivity contribution in [2.45, 2.75) is 43.2 Å². The third-order valence-corrected chi connectivity index (χ3v) is 6.97. The van der Waals surface area contributed by atoms with Gasteiger partial charge in [0, 0.05) is 12.1 Å². The van der Waals surface area contributed by atoms with E-state index in [1.54, 1.807) is 12.1 Å². The molecule has 7 nitrogen and oxygen atoms in total. The number of carbonyl (C=O) groups is 2. The van der Waals surface area contributed by atoms with Gasteiger partial charge in [0.1, 0.15) is 0 Å². The second kappa shape index (κ2) is 7.51. The van der Waals surface area contributed by atoms with E-state index in [-0.39, 0.29) is 35.1 Å².